The van der Waals surface area contributed by atoms with Crippen molar-refractivity contribution in [1.29, 1.82) is 0 Å². The second-order valence-electron chi connectivity index (χ2n) is 16.5. The van der Waals surface area contributed by atoms with Crippen molar-refractivity contribution in [3.63, 3.8) is 0 Å². The van der Waals surface area contributed by atoms with Gasteiger partial charge in [-0.3, -0.25) is 9.59 Å². The molecule has 0 aliphatic heterocycles. The van der Waals surface area contributed by atoms with Crippen molar-refractivity contribution in [2.75, 3.05) is 6.61 Å². The van der Waals surface area contributed by atoms with E-state index in [9.17, 15) is 19.8 Å². The van der Waals surface area contributed by atoms with Crippen LogP contribution in [-0.4, -0.2) is 46.9 Å². The van der Waals surface area contributed by atoms with Gasteiger partial charge in [-0.1, -0.05) is 204 Å². The molecule has 0 aliphatic rings. The normalized spacial score (nSPS) is 13.7. The third kappa shape index (κ3) is 40.4. The number of ether oxygens (including phenoxy) is 1. The lowest BCUT2D eigenvalue weighted by Crippen LogP contribution is -2.46. The maximum Gasteiger partial charge on any atom is 0.306 e. The second kappa shape index (κ2) is 44.9. The highest BCUT2D eigenvalue weighted by Crippen LogP contribution is 2.17. The first-order valence-electron chi connectivity index (χ1n) is 24.4. The van der Waals surface area contributed by atoms with Crippen LogP contribution >= 0.6 is 0 Å². The first-order valence-corrected chi connectivity index (χ1v) is 24.4. The Bertz CT molecular complexity index is 988. The number of unbranched alkanes of at least 4 members (excludes halogenated alkanes) is 25. The number of nitrogens with one attached hydrogen (secondary N) is 1. The van der Waals surface area contributed by atoms with E-state index in [1.54, 1.807) is 0 Å². The Morgan fingerprint density at radius 1 is 0.526 bits per heavy atom. The van der Waals surface area contributed by atoms with Gasteiger partial charge in [-0.15, -0.1) is 0 Å². The molecule has 0 rings (SSSR count). The molecule has 0 aliphatic carbocycles. The Morgan fingerprint density at radius 2 is 0.965 bits per heavy atom. The molecule has 0 bridgehead atoms. The van der Waals surface area contributed by atoms with Gasteiger partial charge in [-0.05, 0) is 70.6 Å². The van der Waals surface area contributed by atoms with Crippen LogP contribution in [0.3, 0.4) is 0 Å². The molecule has 57 heavy (non-hydrogen) atoms. The molecular weight excluding hydrogens is 707 g/mol. The summed E-state index contributed by atoms with van der Waals surface area (Å²) in [7, 11) is 0. The van der Waals surface area contributed by atoms with Gasteiger partial charge in [0, 0.05) is 6.42 Å². The quantitative estimate of drug-likeness (QED) is 0.0247. The lowest BCUT2D eigenvalue weighted by Gasteiger charge is -2.24. The van der Waals surface area contributed by atoms with Crippen molar-refractivity contribution in [1.82, 2.24) is 5.32 Å². The number of allylic oxidation sites excluding steroid dienone is 8. The molecule has 0 fully saturated rings. The van der Waals surface area contributed by atoms with Crippen LogP contribution in [0.15, 0.2) is 48.6 Å². The molecule has 0 saturated carbocycles. The molecule has 0 radical (unpaired) electrons. The van der Waals surface area contributed by atoms with Crippen molar-refractivity contribution in [2.24, 2.45) is 0 Å². The fourth-order valence-electron chi connectivity index (χ4n) is 7.25. The fourth-order valence-corrected chi connectivity index (χ4v) is 7.25. The van der Waals surface area contributed by atoms with E-state index >= 15 is 0 Å². The number of aliphatic hydroxyl groups is 2. The number of amides is 1. The molecule has 0 aromatic carbocycles. The van der Waals surface area contributed by atoms with Crippen molar-refractivity contribution < 1.29 is 24.5 Å². The predicted octanol–water partition coefficient (Wildman–Crippen LogP) is 14.3. The van der Waals surface area contributed by atoms with E-state index in [4.69, 9.17) is 4.74 Å². The highest BCUT2D eigenvalue weighted by Gasteiger charge is 2.24. The summed E-state index contributed by atoms with van der Waals surface area (Å²) in [6.45, 7) is 6.31. The Kier molecular flexibility index (Phi) is 43.2. The number of rotatable bonds is 43. The maximum atomic E-state index is 13.1. The summed E-state index contributed by atoms with van der Waals surface area (Å²) in [6, 6.07) is -0.712. The second-order valence-corrected chi connectivity index (χ2v) is 16.5. The van der Waals surface area contributed by atoms with Gasteiger partial charge in [0.2, 0.25) is 5.91 Å². The zero-order valence-corrected chi connectivity index (χ0v) is 37.7. The third-order valence-electron chi connectivity index (χ3n) is 11.0. The summed E-state index contributed by atoms with van der Waals surface area (Å²) < 4.78 is 5.89. The molecule has 0 saturated heterocycles. The van der Waals surface area contributed by atoms with E-state index in [1.165, 1.54) is 116 Å². The number of esters is 1. The van der Waals surface area contributed by atoms with Crippen LogP contribution in [0.5, 0.6) is 0 Å². The Labute approximate surface area is 353 Å². The van der Waals surface area contributed by atoms with Crippen molar-refractivity contribution in [3.8, 4) is 0 Å². The number of carbonyl (C=O) groups is 2. The summed E-state index contributed by atoms with van der Waals surface area (Å²) in [5.74, 6) is -0.518. The standard InChI is InChI=1S/C51H93NO5/c1-4-7-10-13-16-19-21-22-23-24-25-26-27-29-32-35-38-41-44-51(56)57-47(42-39-36-33-31-28-20-17-14-11-8-5-2)45-50(55)52-48(46-53)49(54)43-40-37-34-30-18-15-12-9-6-3/h8,11,14,17,20,25-26,28,47-49,53-54H,4-7,9-10,12-13,15-16,18-19,21-24,27,29-46H2,1-3H3,(H,52,55)/b11-8+,17-14+,26-25+,28-20-. The topological polar surface area (TPSA) is 95.9 Å². The van der Waals surface area contributed by atoms with Gasteiger partial charge in [0.1, 0.15) is 6.10 Å². The van der Waals surface area contributed by atoms with Crippen LogP contribution in [0, 0.1) is 0 Å². The number of hydrogen-bond donors (Lipinski definition) is 3. The lowest BCUT2D eigenvalue weighted by molar-refractivity contribution is -0.151. The average Bonchev–Trinajstić information content (AvgIpc) is 3.20. The molecule has 3 unspecified atom stereocenters. The molecular formula is C51H93NO5. The van der Waals surface area contributed by atoms with E-state index in [0.29, 0.717) is 19.3 Å². The Morgan fingerprint density at radius 3 is 1.49 bits per heavy atom. The number of aliphatic hydroxyl groups excluding tert-OH is 2. The summed E-state index contributed by atoms with van der Waals surface area (Å²) in [5, 5.41) is 23.6. The number of carbonyl (C=O) groups excluding carboxylic acids is 2. The van der Waals surface area contributed by atoms with E-state index < -0.39 is 18.2 Å². The third-order valence-corrected chi connectivity index (χ3v) is 11.0. The smallest absolute Gasteiger partial charge is 0.306 e. The monoisotopic (exact) mass is 800 g/mol. The van der Waals surface area contributed by atoms with E-state index in [2.05, 4.69) is 62.5 Å². The molecule has 0 aromatic heterocycles. The van der Waals surface area contributed by atoms with Crippen LogP contribution in [0.4, 0.5) is 0 Å². The molecule has 1 amide bonds. The van der Waals surface area contributed by atoms with Crippen molar-refractivity contribution in [3.05, 3.63) is 48.6 Å². The van der Waals surface area contributed by atoms with Gasteiger partial charge in [0.05, 0.1) is 25.2 Å². The van der Waals surface area contributed by atoms with Crippen LogP contribution in [0.1, 0.15) is 239 Å². The molecule has 0 aromatic rings. The van der Waals surface area contributed by atoms with Gasteiger partial charge < -0.3 is 20.3 Å². The number of hydrogen-bond acceptors (Lipinski definition) is 5. The zero-order valence-electron chi connectivity index (χ0n) is 37.7. The lowest BCUT2D eigenvalue weighted by atomic mass is 10.0. The van der Waals surface area contributed by atoms with Gasteiger partial charge in [0.25, 0.3) is 0 Å². The van der Waals surface area contributed by atoms with Crippen molar-refractivity contribution >= 4 is 11.9 Å². The molecule has 332 valence electrons. The van der Waals surface area contributed by atoms with Crippen LogP contribution in [0.2, 0.25) is 0 Å². The van der Waals surface area contributed by atoms with Gasteiger partial charge >= 0.3 is 5.97 Å². The summed E-state index contributed by atoms with van der Waals surface area (Å²) in [5.41, 5.74) is 0. The minimum absolute atomic E-state index is 0.0512. The minimum Gasteiger partial charge on any atom is -0.462 e. The predicted molar refractivity (Wildman–Crippen MR) is 245 cm³/mol. The molecule has 0 heterocycles. The van der Waals surface area contributed by atoms with Gasteiger partial charge in [0.15, 0.2) is 0 Å². The molecule has 3 N–H and O–H groups in total. The highest BCUT2D eigenvalue weighted by atomic mass is 16.5. The summed E-state index contributed by atoms with van der Waals surface area (Å²) >= 11 is 0. The summed E-state index contributed by atoms with van der Waals surface area (Å²) in [4.78, 5) is 26.0. The van der Waals surface area contributed by atoms with Crippen LogP contribution < -0.4 is 5.32 Å². The first-order chi connectivity index (χ1) is 28.0. The largest absolute Gasteiger partial charge is 0.462 e. The molecule has 0 spiro atoms. The van der Waals surface area contributed by atoms with E-state index in [1.807, 2.05) is 12.2 Å². The Hall–Kier alpha value is -2.18. The minimum atomic E-state index is -0.796. The van der Waals surface area contributed by atoms with Gasteiger partial charge in [-0.25, -0.2) is 0 Å². The van der Waals surface area contributed by atoms with Crippen LogP contribution in [-0.2, 0) is 14.3 Å². The van der Waals surface area contributed by atoms with Gasteiger partial charge in [-0.2, -0.15) is 0 Å². The molecule has 6 nitrogen and oxygen atoms in total. The fraction of sp³-hybridized carbons (Fsp3) is 0.804. The average molecular weight is 800 g/mol. The first kappa shape index (κ1) is 54.8. The maximum absolute atomic E-state index is 13.1. The zero-order chi connectivity index (χ0) is 41.7. The highest BCUT2D eigenvalue weighted by molar-refractivity contribution is 5.77. The van der Waals surface area contributed by atoms with E-state index in [0.717, 1.165) is 77.0 Å². The SMILES string of the molecule is CC/C=C/C=C/C=C\CCCCCC(CC(=O)NC(CO)C(O)CCCCCCCCCCC)OC(=O)CCCCCCC/C=C/CCCCCCCCCCC. The Balaban J connectivity index is 4.54. The van der Waals surface area contributed by atoms with Crippen molar-refractivity contribution in [2.45, 2.75) is 257 Å². The molecule has 6 heteroatoms. The summed E-state index contributed by atoms with van der Waals surface area (Å²) in [6.07, 6.45) is 53.3. The van der Waals surface area contributed by atoms with E-state index in [-0.39, 0.29) is 24.9 Å². The molecule has 3 atom stereocenters. The van der Waals surface area contributed by atoms with Crippen LogP contribution in [0.25, 0.3) is 0 Å².